The second-order valence-corrected chi connectivity index (χ2v) is 4.28. The van der Waals surface area contributed by atoms with Crippen molar-refractivity contribution in [1.82, 2.24) is 5.32 Å². The minimum atomic E-state index is 0.324. The van der Waals surface area contributed by atoms with Crippen LogP contribution in [-0.4, -0.2) is 7.05 Å². The smallest absolute Gasteiger partial charge is 0.0433 e. The first-order valence-corrected chi connectivity index (χ1v) is 5.59. The summed E-state index contributed by atoms with van der Waals surface area (Å²) in [5, 5.41) is 3.42. The summed E-state index contributed by atoms with van der Waals surface area (Å²) in [4.78, 5) is 0. The second kappa shape index (κ2) is 3.74. The van der Waals surface area contributed by atoms with Crippen LogP contribution in [0, 0.1) is 0 Å². The van der Waals surface area contributed by atoms with E-state index in [1.807, 2.05) is 0 Å². The topological polar surface area (TPSA) is 12.0 Å². The van der Waals surface area contributed by atoms with E-state index in [0.29, 0.717) is 5.54 Å². The Kier molecular flexibility index (Phi) is 2.60. The molecule has 0 spiro atoms. The molecule has 0 atom stereocenters. The van der Waals surface area contributed by atoms with Crippen LogP contribution in [0.15, 0.2) is 24.3 Å². The lowest BCUT2D eigenvalue weighted by molar-refractivity contribution is 0.585. The molecule has 0 heterocycles. The molecule has 14 heavy (non-hydrogen) atoms. The normalized spacial score (nSPS) is 18.1. The van der Waals surface area contributed by atoms with Crippen molar-refractivity contribution in [3.05, 3.63) is 35.4 Å². The van der Waals surface area contributed by atoms with Crippen LogP contribution in [0.2, 0.25) is 0 Å². The predicted octanol–water partition coefficient (Wildman–Crippen LogP) is 2.85. The highest BCUT2D eigenvalue weighted by Gasteiger charge is 2.42. The van der Waals surface area contributed by atoms with E-state index < -0.39 is 0 Å². The number of aryl methyl sites for hydroxylation is 1. The van der Waals surface area contributed by atoms with Gasteiger partial charge in [0.05, 0.1) is 0 Å². The molecule has 0 saturated heterocycles. The van der Waals surface area contributed by atoms with Crippen LogP contribution in [-0.2, 0) is 12.0 Å². The lowest BCUT2D eigenvalue weighted by atomic mass is 10.0. The zero-order valence-electron chi connectivity index (χ0n) is 9.14. The molecular formula is C13H19N. The molecule has 1 saturated carbocycles. The van der Waals surface area contributed by atoms with Gasteiger partial charge in [-0.25, -0.2) is 0 Å². The molecule has 1 N–H and O–H groups in total. The molecule has 1 aliphatic carbocycles. The summed E-state index contributed by atoms with van der Waals surface area (Å²) in [6.07, 6.45) is 5.01. The molecule has 76 valence electrons. The molecule has 1 fully saturated rings. The molecule has 1 aromatic rings. The van der Waals surface area contributed by atoms with Gasteiger partial charge in [-0.15, -0.1) is 0 Å². The molecule has 1 aromatic carbocycles. The van der Waals surface area contributed by atoms with Gasteiger partial charge in [0.1, 0.15) is 0 Å². The van der Waals surface area contributed by atoms with E-state index in [9.17, 15) is 0 Å². The minimum absolute atomic E-state index is 0.324. The average Bonchev–Trinajstić information content (AvgIpc) is 3.00. The highest BCUT2D eigenvalue weighted by atomic mass is 15.0. The van der Waals surface area contributed by atoms with Crippen LogP contribution in [0.3, 0.4) is 0 Å². The first-order valence-electron chi connectivity index (χ1n) is 5.59. The van der Waals surface area contributed by atoms with E-state index in [2.05, 4.69) is 43.6 Å². The van der Waals surface area contributed by atoms with E-state index >= 15 is 0 Å². The second-order valence-electron chi connectivity index (χ2n) is 4.28. The molecule has 0 aromatic heterocycles. The molecular weight excluding hydrogens is 170 g/mol. The number of nitrogens with one attached hydrogen (secondary N) is 1. The van der Waals surface area contributed by atoms with Crippen LogP contribution in [0.1, 0.15) is 37.3 Å². The van der Waals surface area contributed by atoms with E-state index in [1.54, 1.807) is 0 Å². The van der Waals surface area contributed by atoms with Gasteiger partial charge < -0.3 is 5.32 Å². The SMILES string of the molecule is CCCc1ccc(C2(NC)CC2)cc1. The maximum atomic E-state index is 3.42. The summed E-state index contributed by atoms with van der Waals surface area (Å²) in [5.74, 6) is 0. The Labute approximate surface area is 86.5 Å². The Morgan fingerprint density at radius 1 is 1.21 bits per heavy atom. The van der Waals surface area contributed by atoms with Crippen LogP contribution in [0.5, 0.6) is 0 Å². The predicted molar refractivity (Wildman–Crippen MR) is 60.4 cm³/mol. The monoisotopic (exact) mass is 189 g/mol. The standard InChI is InChI=1S/C13H19N/c1-3-4-11-5-7-12(8-6-11)13(14-2)9-10-13/h5-8,14H,3-4,9-10H2,1-2H3. The van der Waals surface area contributed by atoms with Gasteiger partial charge in [-0.3, -0.25) is 0 Å². The Morgan fingerprint density at radius 3 is 2.29 bits per heavy atom. The van der Waals surface area contributed by atoms with Gasteiger partial charge in [0, 0.05) is 5.54 Å². The molecule has 0 amide bonds. The van der Waals surface area contributed by atoms with Gasteiger partial charge in [-0.1, -0.05) is 37.6 Å². The average molecular weight is 189 g/mol. The Hall–Kier alpha value is -0.820. The Balaban J connectivity index is 2.14. The number of hydrogen-bond acceptors (Lipinski definition) is 1. The lowest BCUT2D eigenvalue weighted by Gasteiger charge is -2.14. The molecule has 0 aliphatic heterocycles. The third-order valence-electron chi connectivity index (χ3n) is 3.27. The summed E-state index contributed by atoms with van der Waals surface area (Å²) in [5.41, 5.74) is 3.24. The first kappa shape index (κ1) is 9.72. The van der Waals surface area contributed by atoms with Gasteiger partial charge >= 0.3 is 0 Å². The molecule has 0 bridgehead atoms. The highest BCUT2D eigenvalue weighted by molar-refractivity contribution is 5.32. The van der Waals surface area contributed by atoms with Gasteiger partial charge in [0.15, 0.2) is 0 Å². The summed E-state index contributed by atoms with van der Waals surface area (Å²) in [6, 6.07) is 9.12. The van der Waals surface area contributed by atoms with Gasteiger partial charge in [0.25, 0.3) is 0 Å². The zero-order valence-corrected chi connectivity index (χ0v) is 9.14. The third kappa shape index (κ3) is 1.69. The van der Waals surface area contributed by atoms with Crippen molar-refractivity contribution in [2.24, 2.45) is 0 Å². The molecule has 0 unspecified atom stereocenters. The zero-order chi connectivity index (χ0) is 10.0. The first-order chi connectivity index (χ1) is 6.80. The summed E-state index contributed by atoms with van der Waals surface area (Å²) < 4.78 is 0. The van der Waals surface area contributed by atoms with Crippen molar-refractivity contribution in [3.63, 3.8) is 0 Å². The van der Waals surface area contributed by atoms with Crippen LogP contribution < -0.4 is 5.32 Å². The number of benzene rings is 1. The van der Waals surface area contributed by atoms with Crippen molar-refractivity contribution in [2.45, 2.75) is 38.1 Å². The van der Waals surface area contributed by atoms with Crippen molar-refractivity contribution >= 4 is 0 Å². The fraction of sp³-hybridized carbons (Fsp3) is 0.538. The Bertz CT molecular complexity index is 296. The van der Waals surface area contributed by atoms with Crippen molar-refractivity contribution in [1.29, 1.82) is 0 Å². The fourth-order valence-corrected chi connectivity index (χ4v) is 2.09. The number of hydrogen-bond donors (Lipinski definition) is 1. The highest BCUT2D eigenvalue weighted by Crippen LogP contribution is 2.44. The fourth-order valence-electron chi connectivity index (χ4n) is 2.09. The van der Waals surface area contributed by atoms with Gasteiger partial charge in [0.2, 0.25) is 0 Å². The van der Waals surface area contributed by atoms with E-state index in [1.165, 1.54) is 36.8 Å². The largest absolute Gasteiger partial charge is 0.310 e. The molecule has 1 aliphatic rings. The summed E-state index contributed by atoms with van der Waals surface area (Å²) in [6.45, 7) is 2.23. The van der Waals surface area contributed by atoms with Crippen LogP contribution in [0.25, 0.3) is 0 Å². The summed E-state index contributed by atoms with van der Waals surface area (Å²) >= 11 is 0. The van der Waals surface area contributed by atoms with Crippen molar-refractivity contribution in [2.75, 3.05) is 7.05 Å². The van der Waals surface area contributed by atoms with E-state index in [0.717, 1.165) is 0 Å². The van der Waals surface area contributed by atoms with Crippen LogP contribution >= 0.6 is 0 Å². The minimum Gasteiger partial charge on any atom is -0.310 e. The third-order valence-corrected chi connectivity index (χ3v) is 3.27. The Morgan fingerprint density at radius 2 is 1.86 bits per heavy atom. The maximum Gasteiger partial charge on any atom is 0.0433 e. The van der Waals surface area contributed by atoms with Crippen molar-refractivity contribution in [3.8, 4) is 0 Å². The molecule has 2 rings (SSSR count). The van der Waals surface area contributed by atoms with Crippen LogP contribution in [0.4, 0.5) is 0 Å². The lowest BCUT2D eigenvalue weighted by Crippen LogP contribution is -2.24. The maximum absolute atomic E-state index is 3.42. The van der Waals surface area contributed by atoms with Gasteiger partial charge in [-0.05, 0) is 37.4 Å². The number of rotatable bonds is 4. The summed E-state index contributed by atoms with van der Waals surface area (Å²) in [7, 11) is 2.06. The van der Waals surface area contributed by atoms with E-state index in [4.69, 9.17) is 0 Å². The quantitative estimate of drug-likeness (QED) is 0.768. The van der Waals surface area contributed by atoms with Crippen molar-refractivity contribution < 1.29 is 0 Å². The molecule has 1 heteroatoms. The van der Waals surface area contributed by atoms with E-state index in [-0.39, 0.29) is 0 Å². The molecule has 1 nitrogen and oxygen atoms in total. The van der Waals surface area contributed by atoms with Gasteiger partial charge in [-0.2, -0.15) is 0 Å². The molecule has 0 radical (unpaired) electrons.